The van der Waals surface area contributed by atoms with E-state index in [2.05, 4.69) is 23.5 Å². The van der Waals surface area contributed by atoms with E-state index < -0.39 is 0 Å². The fourth-order valence-electron chi connectivity index (χ4n) is 2.82. The Morgan fingerprint density at radius 2 is 2.18 bits per heavy atom. The highest BCUT2D eigenvalue weighted by Gasteiger charge is 2.32. The number of aliphatic hydroxyl groups excluding tert-OH is 1. The summed E-state index contributed by atoms with van der Waals surface area (Å²) in [6.07, 6.45) is 5.77. The molecule has 1 aromatic heterocycles. The second-order valence-electron chi connectivity index (χ2n) is 5.77. The standard InChI is InChI=1S/C17H20N2O2S/c1-11(10-20)18-16(21)12-6-2-3-7-13(12)17-19-14-8-4-5-9-15(14)22-17/h2-5,8-9,11-13,20H,6-7,10H2,1H3,(H,18,21). The van der Waals surface area contributed by atoms with E-state index >= 15 is 0 Å². The van der Waals surface area contributed by atoms with Crippen LogP contribution in [0.5, 0.6) is 0 Å². The summed E-state index contributed by atoms with van der Waals surface area (Å²) in [6.45, 7) is 1.77. The lowest BCUT2D eigenvalue weighted by Gasteiger charge is -2.27. The normalized spacial score (nSPS) is 22.6. The van der Waals surface area contributed by atoms with Crippen molar-refractivity contribution < 1.29 is 9.90 Å². The minimum Gasteiger partial charge on any atom is -0.394 e. The number of aromatic nitrogens is 1. The van der Waals surface area contributed by atoms with Gasteiger partial charge in [0, 0.05) is 12.0 Å². The van der Waals surface area contributed by atoms with Crippen molar-refractivity contribution in [2.24, 2.45) is 5.92 Å². The van der Waals surface area contributed by atoms with E-state index in [4.69, 9.17) is 10.1 Å². The van der Waals surface area contributed by atoms with Crippen LogP contribution in [0, 0.1) is 5.92 Å². The van der Waals surface area contributed by atoms with Gasteiger partial charge in [0.25, 0.3) is 0 Å². The molecule has 4 nitrogen and oxygen atoms in total. The number of nitrogens with zero attached hydrogens (tertiary/aromatic N) is 1. The van der Waals surface area contributed by atoms with Crippen molar-refractivity contribution in [2.45, 2.75) is 31.7 Å². The molecule has 0 bridgehead atoms. The summed E-state index contributed by atoms with van der Waals surface area (Å²) >= 11 is 1.68. The Bertz CT molecular complexity index is 662. The Labute approximate surface area is 133 Å². The van der Waals surface area contributed by atoms with Crippen LogP contribution in [-0.2, 0) is 4.79 Å². The van der Waals surface area contributed by atoms with Crippen molar-refractivity contribution >= 4 is 27.5 Å². The minimum absolute atomic E-state index is 0.00940. The number of aliphatic hydroxyl groups is 1. The first-order chi connectivity index (χ1) is 10.7. The van der Waals surface area contributed by atoms with Gasteiger partial charge in [-0.2, -0.15) is 0 Å². The van der Waals surface area contributed by atoms with E-state index in [0.717, 1.165) is 28.1 Å². The Balaban J connectivity index is 1.86. The third-order valence-electron chi connectivity index (χ3n) is 4.06. The average Bonchev–Trinajstić information content (AvgIpc) is 2.98. The van der Waals surface area contributed by atoms with Crippen LogP contribution in [-0.4, -0.2) is 28.6 Å². The maximum atomic E-state index is 12.5. The maximum Gasteiger partial charge on any atom is 0.224 e. The number of hydrogen-bond donors (Lipinski definition) is 2. The SMILES string of the molecule is CC(CO)NC(=O)C1CC=CCC1c1nc2ccccc2s1. The molecule has 3 rings (SSSR count). The van der Waals surface area contributed by atoms with Gasteiger partial charge in [-0.05, 0) is 31.9 Å². The fraction of sp³-hybridized carbons (Fsp3) is 0.412. The lowest BCUT2D eigenvalue weighted by atomic mass is 9.82. The predicted octanol–water partition coefficient (Wildman–Crippen LogP) is 2.84. The fourth-order valence-corrected chi connectivity index (χ4v) is 3.97. The van der Waals surface area contributed by atoms with Crippen molar-refractivity contribution in [1.82, 2.24) is 10.3 Å². The second kappa shape index (κ2) is 6.58. The van der Waals surface area contributed by atoms with Gasteiger partial charge in [0.15, 0.2) is 0 Å². The minimum atomic E-state index is -0.213. The summed E-state index contributed by atoms with van der Waals surface area (Å²) in [4.78, 5) is 17.2. The third kappa shape index (κ3) is 3.05. The zero-order valence-electron chi connectivity index (χ0n) is 12.5. The number of nitrogens with one attached hydrogen (secondary N) is 1. The number of carbonyl (C=O) groups excluding carboxylic acids is 1. The molecular weight excluding hydrogens is 296 g/mol. The molecule has 0 saturated carbocycles. The molecule has 1 aliphatic rings. The molecule has 116 valence electrons. The highest BCUT2D eigenvalue weighted by Crippen LogP contribution is 2.38. The summed E-state index contributed by atoms with van der Waals surface area (Å²) in [5, 5.41) is 13.0. The smallest absolute Gasteiger partial charge is 0.224 e. The summed E-state index contributed by atoms with van der Waals surface area (Å²) < 4.78 is 1.16. The topological polar surface area (TPSA) is 62.2 Å². The van der Waals surface area contributed by atoms with Crippen LogP contribution in [0.4, 0.5) is 0 Å². The van der Waals surface area contributed by atoms with Crippen molar-refractivity contribution in [2.75, 3.05) is 6.61 Å². The van der Waals surface area contributed by atoms with Crippen molar-refractivity contribution in [3.05, 3.63) is 41.4 Å². The Morgan fingerprint density at radius 1 is 1.41 bits per heavy atom. The maximum absolute atomic E-state index is 12.5. The van der Waals surface area contributed by atoms with Crippen molar-refractivity contribution in [3.8, 4) is 0 Å². The Hall–Kier alpha value is -1.72. The Morgan fingerprint density at radius 3 is 2.95 bits per heavy atom. The van der Waals surface area contributed by atoms with Gasteiger partial charge >= 0.3 is 0 Å². The van der Waals surface area contributed by atoms with Crippen molar-refractivity contribution in [1.29, 1.82) is 0 Å². The van der Waals surface area contributed by atoms with Crippen LogP contribution < -0.4 is 5.32 Å². The zero-order chi connectivity index (χ0) is 15.5. The highest BCUT2D eigenvalue weighted by atomic mass is 32.1. The van der Waals surface area contributed by atoms with Gasteiger partial charge in [-0.1, -0.05) is 24.3 Å². The van der Waals surface area contributed by atoms with E-state index in [1.54, 1.807) is 11.3 Å². The lowest BCUT2D eigenvalue weighted by molar-refractivity contribution is -0.126. The van der Waals surface area contributed by atoms with Gasteiger partial charge in [0.1, 0.15) is 0 Å². The van der Waals surface area contributed by atoms with E-state index in [0.29, 0.717) is 0 Å². The quantitative estimate of drug-likeness (QED) is 0.853. The number of allylic oxidation sites excluding steroid dienone is 2. The van der Waals surface area contributed by atoms with Gasteiger partial charge in [-0.25, -0.2) is 4.98 Å². The number of fused-ring (bicyclic) bond motifs is 1. The molecule has 0 spiro atoms. The number of amides is 1. The first-order valence-corrected chi connectivity index (χ1v) is 8.42. The molecule has 1 aliphatic carbocycles. The van der Waals surface area contributed by atoms with E-state index in [1.807, 2.05) is 25.1 Å². The third-order valence-corrected chi connectivity index (χ3v) is 5.23. The second-order valence-corrected chi connectivity index (χ2v) is 6.83. The summed E-state index contributed by atoms with van der Waals surface area (Å²) in [7, 11) is 0. The number of rotatable bonds is 4. The van der Waals surface area contributed by atoms with Crippen LogP contribution >= 0.6 is 11.3 Å². The molecule has 22 heavy (non-hydrogen) atoms. The summed E-state index contributed by atoms with van der Waals surface area (Å²) in [6, 6.07) is 7.86. The number of benzene rings is 1. The van der Waals surface area contributed by atoms with E-state index in [-0.39, 0.29) is 30.4 Å². The first-order valence-electron chi connectivity index (χ1n) is 7.60. The van der Waals surface area contributed by atoms with E-state index in [1.165, 1.54) is 0 Å². The number of para-hydroxylation sites is 1. The van der Waals surface area contributed by atoms with Gasteiger partial charge < -0.3 is 10.4 Å². The van der Waals surface area contributed by atoms with Crippen molar-refractivity contribution in [3.63, 3.8) is 0 Å². The van der Waals surface area contributed by atoms with Crippen LogP contribution in [0.25, 0.3) is 10.2 Å². The van der Waals surface area contributed by atoms with Crippen LogP contribution in [0.15, 0.2) is 36.4 Å². The molecule has 1 heterocycles. The monoisotopic (exact) mass is 316 g/mol. The molecule has 0 fully saturated rings. The van der Waals surface area contributed by atoms with Crippen LogP contribution in [0.3, 0.4) is 0 Å². The molecular formula is C17H20N2O2S. The first kappa shape index (κ1) is 15.2. The average molecular weight is 316 g/mol. The predicted molar refractivity (Wildman–Crippen MR) is 88.9 cm³/mol. The molecule has 2 N–H and O–H groups in total. The molecule has 3 unspecified atom stereocenters. The molecule has 2 aromatic rings. The molecule has 0 radical (unpaired) electrons. The zero-order valence-corrected chi connectivity index (χ0v) is 13.3. The number of thiazole rings is 1. The summed E-state index contributed by atoms with van der Waals surface area (Å²) in [5.41, 5.74) is 1.000. The van der Waals surface area contributed by atoms with Crippen LogP contribution in [0.1, 0.15) is 30.7 Å². The molecule has 0 saturated heterocycles. The van der Waals surface area contributed by atoms with Gasteiger partial charge in [0.2, 0.25) is 5.91 Å². The van der Waals surface area contributed by atoms with E-state index in [9.17, 15) is 4.79 Å². The van der Waals surface area contributed by atoms with Gasteiger partial charge in [-0.3, -0.25) is 4.79 Å². The molecule has 3 atom stereocenters. The summed E-state index contributed by atoms with van der Waals surface area (Å²) in [5.74, 6) is 0.0167. The molecule has 1 aromatic carbocycles. The number of carbonyl (C=O) groups is 1. The molecule has 5 heteroatoms. The lowest BCUT2D eigenvalue weighted by Crippen LogP contribution is -2.41. The molecule has 0 aliphatic heterocycles. The molecule has 1 amide bonds. The van der Waals surface area contributed by atoms with Gasteiger partial charge in [-0.15, -0.1) is 11.3 Å². The largest absolute Gasteiger partial charge is 0.394 e. The van der Waals surface area contributed by atoms with Crippen LogP contribution in [0.2, 0.25) is 0 Å². The number of hydrogen-bond acceptors (Lipinski definition) is 4. The highest BCUT2D eigenvalue weighted by molar-refractivity contribution is 7.18. The van der Waals surface area contributed by atoms with Gasteiger partial charge in [0.05, 0.1) is 27.7 Å². The Kier molecular flexibility index (Phi) is 4.55.